The van der Waals surface area contributed by atoms with Crippen molar-refractivity contribution in [3.8, 4) is 0 Å². The van der Waals surface area contributed by atoms with Gasteiger partial charge in [0.15, 0.2) is 0 Å². The number of nitrogens with two attached hydrogens (primary N) is 1. The van der Waals surface area contributed by atoms with Crippen molar-refractivity contribution >= 4 is 57.8 Å². The van der Waals surface area contributed by atoms with Gasteiger partial charge in [0.05, 0.1) is 32.7 Å². The van der Waals surface area contributed by atoms with E-state index in [2.05, 4.69) is 17.1 Å². The molecule has 7 heteroatoms. The number of anilines is 3. The van der Waals surface area contributed by atoms with Crippen molar-refractivity contribution < 1.29 is 4.79 Å². The van der Waals surface area contributed by atoms with Crippen molar-refractivity contribution in [3.05, 3.63) is 51.0 Å². The molecular formula is C19H20Cl3N3O. The Hall–Kier alpha value is -1.62. The maximum absolute atomic E-state index is 12.6. The molecule has 1 saturated heterocycles. The number of hydrogen-bond donors (Lipinski definition) is 2. The number of nitrogens with zero attached hydrogens (tertiary/aromatic N) is 1. The molecule has 0 saturated carbocycles. The third-order valence-electron chi connectivity index (χ3n) is 4.65. The molecule has 1 aliphatic rings. The first-order chi connectivity index (χ1) is 12.4. The highest BCUT2D eigenvalue weighted by atomic mass is 35.5. The lowest BCUT2D eigenvalue weighted by Gasteiger charge is -2.36. The summed E-state index contributed by atoms with van der Waals surface area (Å²) in [6.45, 7) is 3.11. The fraction of sp³-hybridized carbons (Fsp3) is 0.316. The molecule has 0 aromatic heterocycles. The molecule has 0 unspecified atom stereocenters. The highest BCUT2D eigenvalue weighted by Gasteiger charge is 2.22. The zero-order valence-electron chi connectivity index (χ0n) is 14.4. The summed E-state index contributed by atoms with van der Waals surface area (Å²) < 4.78 is 0. The Balaban J connectivity index is 1.91. The van der Waals surface area contributed by atoms with E-state index in [0.717, 1.165) is 25.1 Å². The standard InChI is InChI=1S/C19H20Cl3N3O/c1-11-4-2-3-7-25(11)18-10-17(15(22)9-16(18)23)24-19(26)13-8-12(20)5-6-14(13)21/h5-6,8-11H,2-4,7,23H2,1H3,(H,24,26)/t11-/m1/s1. The number of carbonyl (C=O) groups excluding carboxylic acids is 1. The maximum Gasteiger partial charge on any atom is 0.257 e. The van der Waals surface area contributed by atoms with Gasteiger partial charge in [0, 0.05) is 17.6 Å². The number of carbonyl (C=O) groups is 1. The van der Waals surface area contributed by atoms with Crippen LogP contribution < -0.4 is 16.0 Å². The number of nitrogens with one attached hydrogen (secondary N) is 1. The molecule has 26 heavy (non-hydrogen) atoms. The van der Waals surface area contributed by atoms with E-state index in [9.17, 15) is 4.79 Å². The van der Waals surface area contributed by atoms with Crippen LogP contribution in [0.3, 0.4) is 0 Å². The van der Waals surface area contributed by atoms with Crippen LogP contribution in [0.1, 0.15) is 36.5 Å². The Kier molecular flexibility index (Phi) is 5.86. The van der Waals surface area contributed by atoms with Crippen molar-refractivity contribution in [3.63, 3.8) is 0 Å². The molecule has 1 heterocycles. The summed E-state index contributed by atoms with van der Waals surface area (Å²) in [4.78, 5) is 14.9. The van der Waals surface area contributed by atoms with Crippen LogP contribution in [-0.4, -0.2) is 18.5 Å². The van der Waals surface area contributed by atoms with Gasteiger partial charge in [-0.3, -0.25) is 4.79 Å². The summed E-state index contributed by atoms with van der Waals surface area (Å²) in [6, 6.07) is 8.64. The van der Waals surface area contributed by atoms with E-state index in [1.54, 1.807) is 18.2 Å². The lowest BCUT2D eigenvalue weighted by atomic mass is 10.0. The largest absolute Gasteiger partial charge is 0.397 e. The molecule has 1 amide bonds. The monoisotopic (exact) mass is 411 g/mol. The van der Waals surface area contributed by atoms with E-state index >= 15 is 0 Å². The van der Waals surface area contributed by atoms with Gasteiger partial charge in [0.2, 0.25) is 0 Å². The molecule has 1 atom stereocenters. The van der Waals surface area contributed by atoms with E-state index < -0.39 is 0 Å². The third kappa shape index (κ3) is 4.03. The Morgan fingerprint density at radius 3 is 2.65 bits per heavy atom. The van der Waals surface area contributed by atoms with Crippen molar-refractivity contribution in [2.45, 2.75) is 32.2 Å². The maximum atomic E-state index is 12.6. The van der Waals surface area contributed by atoms with Gasteiger partial charge in [0.1, 0.15) is 0 Å². The highest BCUT2D eigenvalue weighted by molar-refractivity contribution is 6.37. The number of benzene rings is 2. The predicted octanol–water partition coefficient (Wildman–Crippen LogP) is 5.86. The van der Waals surface area contributed by atoms with Gasteiger partial charge in [0.25, 0.3) is 5.91 Å². The number of piperidine rings is 1. The van der Waals surface area contributed by atoms with Crippen LogP contribution in [0.2, 0.25) is 15.1 Å². The van der Waals surface area contributed by atoms with Crippen LogP contribution >= 0.6 is 34.8 Å². The molecule has 2 aromatic rings. The van der Waals surface area contributed by atoms with Gasteiger partial charge in [-0.05, 0) is 56.5 Å². The molecule has 0 bridgehead atoms. The molecule has 138 valence electrons. The SMILES string of the molecule is C[C@@H]1CCCCN1c1cc(NC(=O)c2cc(Cl)ccc2Cl)c(Cl)cc1N. The van der Waals surface area contributed by atoms with Gasteiger partial charge < -0.3 is 16.0 Å². The Morgan fingerprint density at radius 2 is 1.92 bits per heavy atom. The summed E-state index contributed by atoms with van der Waals surface area (Å²) in [5, 5.41) is 3.96. The second-order valence-corrected chi connectivity index (χ2v) is 7.76. The number of rotatable bonds is 3. The van der Waals surface area contributed by atoms with Crippen LogP contribution in [0.4, 0.5) is 17.1 Å². The molecule has 3 N–H and O–H groups in total. The summed E-state index contributed by atoms with van der Waals surface area (Å²) in [7, 11) is 0. The average molecular weight is 413 g/mol. The zero-order valence-corrected chi connectivity index (χ0v) is 16.6. The molecule has 0 radical (unpaired) electrons. The first kappa shape index (κ1) is 19.2. The molecule has 3 rings (SSSR count). The highest BCUT2D eigenvalue weighted by Crippen LogP contribution is 2.36. The summed E-state index contributed by atoms with van der Waals surface area (Å²) in [5.74, 6) is -0.373. The topological polar surface area (TPSA) is 58.4 Å². The Labute approximate surface area is 168 Å². The number of amides is 1. The number of nitrogen functional groups attached to an aromatic ring is 1. The van der Waals surface area contributed by atoms with Crippen LogP contribution in [0.25, 0.3) is 0 Å². The number of hydrogen-bond acceptors (Lipinski definition) is 3. The van der Waals surface area contributed by atoms with E-state index in [1.807, 2.05) is 6.07 Å². The minimum atomic E-state index is -0.373. The van der Waals surface area contributed by atoms with E-state index in [4.69, 9.17) is 40.5 Å². The molecule has 0 aliphatic carbocycles. The molecule has 4 nitrogen and oxygen atoms in total. The first-order valence-corrected chi connectivity index (χ1v) is 9.62. The van der Waals surface area contributed by atoms with Crippen LogP contribution in [0, 0.1) is 0 Å². The number of halogens is 3. The van der Waals surface area contributed by atoms with Gasteiger partial charge >= 0.3 is 0 Å². The second-order valence-electron chi connectivity index (χ2n) is 6.51. The quantitative estimate of drug-likeness (QED) is 0.621. The lowest BCUT2D eigenvalue weighted by Crippen LogP contribution is -2.37. The fourth-order valence-electron chi connectivity index (χ4n) is 3.24. The van der Waals surface area contributed by atoms with Crippen LogP contribution in [-0.2, 0) is 0 Å². The van der Waals surface area contributed by atoms with E-state index in [1.165, 1.54) is 12.5 Å². The van der Waals surface area contributed by atoms with Crippen molar-refractivity contribution in [1.29, 1.82) is 0 Å². The zero-order chi connectivity index (χ0) is 18.8. The summed E-state index contributed by atoms with van der Waals surface area (Å²) in [5.41, 5.74) is 8.46. The third-order valence-corrected chi connectivity index (χ3v) is 5.53. The second kappa shape index (κ2) is 7.95. The van der Waals surface area contributed by atoms with Gasteiger partial charge in [-0.15, -0.1) is 0 Å². The minimum Gasteiger partial charge on any atom is -0.397 e. The molecule has 0 spiro atoms. The Bertz CT molecular complexity index is 841. The lowest BCUT2D eigenvalue weighted by molar-refractivity contribution is 0.102. The van der Waals surface area contributed by atoms with Crippen molar-refractivity contribution in [2.75, 3.05) is 22.5 Å². The van der Waals surface area contributed by atoms with Crippen molar-refractivity contribution in [2.24, 2.45) is 0 Å². The van der Waals surface area contributed by atoms with Gasteiger partial charge in [-0.2, -0.15) is 0 Å². The first-order valence-electron chi connectivity index (χ1n) is 8.49. The van der Waals surface area contributed by atoms with Gasteiger partial charge in [-0.25, -0.2) is 0 Å². The van der Waals surface area contributed by atoms with Crippen LogP contribution in [0.15, 0.2) is 30.3 Å². The normalized spacial score (nSPS) is 17.2. The fourth-order valence-corrected chi connectivity index (χ4v) is 3.83. The van der Waals surface area contributed by atoms with Crippen molar-refractivity contribution in [1.82, 2.24) is 0 Å². The molecule has 1 aliphatic heterocycles. The smallest absolute Gasteiger partial charge is 0.257 e. The Morgan fingerprint density at radius 1 is 1.15 bits per heavy atom. The molecule has 2 aromatic carbocycles. The van der Waals surface area contributed by atoms with E-state index in [0.29, 0.717) is 38.0 Å². The van der Waals surface area contributed by atoms with Crippen LogP contribution in [0.5, 0.6) is 0 Å². The average Bonchev–Trinajstić information content (AvgIpc) is 2.60. The molecule has 1 fully saturated rings. The van der Waals surface area contributed by atoms with Gasteiger partial charge in [-0.1, -0.05) is 34.8 Å². The summed E-state index contributed by atoms with van der Waals surface area (Å²) in [6.07, 6.45) is 3.44. The predicted molar refractivity (Wildman–Crippen MR) is 111 cm³/mol. The van der Waals surface area contributed by atoms with E-state index in [-0.39, 0.29) is 5.91 Å². The summed E-state index contributed by atoms with van der Waals surface area (Å²) >= 11 is 18.4. The minimum absolute atomic E-state index is 0.292. The molecular weight excluding hydrogens is 393 g/mol.